The fraction of sp³-hybridized carbons (Fsp3) is 0.571. The van der Waals surface area contributed by atoms with Crippen LogP contribution in [0, 0.1) is 11.7 Å². The summed E-state index contributed by atoms with van der Waals surface area (Å²) in [5.74, 6) is 0.895. The molecule has 0 amide bonds. The fourth-order valence-electron chi connectivity index (χ4n) is 2.23. The van der Waals surface area contributed by atoms with Crippen molar-refractivity contribution in [3.63, 3.8) is 0 Å². The lowest BCUT2D eigenvalue weighted by molar-refractivity contribution is -0.0151. The number of halogens is 1. The summed E-state index contributed by atoms with van der Waals surface area (Å²) in [4.78, 5) is 2.74. The van der Waals surface area contributed by atoms with Gasteiger partial charge < -0.3 is 9.47 Å². The molecule has 6 heteroatoms. The highest BCUT2D eigenvalue weighted by Gasteiger charge is 2.20. The molecule has 0 spiro atoms. The second-order valence-electron chi connectivity index (χ2n) is 4.90. The van der Waals surface area contributed by atoms with Gasteiger partial charge >= 0.3 is 0 Å². The van der Waals surface area contributed by atoms with E-state index in [0.29, 0.717) is 31.4 Å². The molecule has 1 heterocycles. The second kappa shape index (κ2) is 7.72. The van der Waals surface area contributed by atoms with Crippen molar-refractivity contribution in [2.45, 2.75) is 25.4 Å². The van der Waals surface area contributed by atoms with E-state index in [1.165, 1.54) is 12.1 Å². The van der Waals surface area contributed by atoms with Crippen LogP contribution in [0.15, 0.2) is 29.4 Å². The number of nitrogens with zero attached hydrogens (tertiary/aromatic N) is 3. The quantitative estimate of drug-likeness (QED) is 0.452. The monoisotopic (exact) mass is 279 g/mol. The van der Waals surface area contributed by atoms with Gasteiger partial charge in [0.25, 0.3) is 0 Å². The summed E-state index contributed by atoms with van der Waals surface area (Å²) in [6, 6.07) is 6.03. The second-order valence-corrected chi connectivity index (χ2v) is 4.90. The molecule has 0 radical (unpaired) electrons. The van der Waals surface area contributed by atoms with Gasteiger partial charge in [0.2, 0.25) is 0 Å². The molecule has 1 aromatic carbocycles. The van der Waals surface area contributed by atoms with Crippen molar-refractivity contribution >= 4 is 0 Å². The predicted octanol–water partition coefficient (Wildman–Crippen LogP) is 3.70. The van der Waals surface area contributed by atoms with Crippen molar-refractivity contribution in [3.8, 4) is 5.75 Å². The van der Waals surface area contributed by atoms with Crippen LogP contribution >= 0.6 is 0 Å². The van der Waals surface area contributed by atoms with E-state index in [4.69, 9.17) is 15.0 Å². The van der Waals surface area contributed by atoms with Gasteiger partial charge in [0, 0.05) is 11.5 Å². The van der Waals surface area contributed by atoms with Crippen LogP contribution in [-0.2, 0) is 4.74 Å². The van der Waals surface area contributed by atoms with Crippen LogP contribution in [0.4, 0.5) is 4.39 Å². The molecule has 1 fully saturated rings. The maximum Gasteiger partial charge on any atom is 0.123 e. The van der Waals surface area contributed by atoms with Gasteiger partial charge in [-0.1, -0.05) is 5.11 Å². The Bertz CT molecular complexity index is 452. The van der Waals surface area contributed by atoms with E-state index in [1.807, 2.05) is 0 Å². The normalized spacial score (nSPS) is 22.1. The minimum absolute atomic E-state index is 0.0557. The number of hydrogen-bond donors (Lipinski definition) is 0. The molecule has 0 N–H and O–H groups in total. The van der Waals surface area contributed by atoms with Crippen molar-refractivity contribution in [1.29, 1.82) is 0 Å². The number of benzene rings is 1. The average Bonchev–Trinajstić information content (AvgIpc) is 2.48. The van der Waals surface area contributed by atoms with E-state index in [0.717, 1.165) is 19.3 Å². The van der Waals surface area contributed by atoms with Gasteiger partial charge in [0.15, 0.2) is 0 Å². The molecule has 2 rings (SSSR count). The molecule has 0 aliphatic carbocycles. The molecule has 5 nitrogen and oxygen atoms in total. The van der Waals surface area contributed by atoms with Crippen LogP contribution in [-0.4, -0.2) is 25.9 Å². The Morgan fingerprint density at radius 2 is 2.15 bits per heavy atom. The first-order valence-electron chi connectivity index (χ1n) is 6.78. The first-order chi connectivity index (χ1) is 9.78. The average molecular weight is 279 g/mol. The van der Waals surface area contributed by atoms with Crippen LogP contribution in [0.25, 0.3) is 10.4 Å². The molecular weight excluding hydrogens is 261 g/mol. The molecule has 1 aliphatic heterocycles. The highest BCUT2D eigenvalue weighted by molar-refractivity contribution is 5.21. The molecule has 0 aromatic heterocycles. The van der Waals surface area contributed by atoms with E-state index in [2.05, 4.69) is 10.0 Å². The SMILES string of the molecule is [N-]=[N+]=NCC1CCC(CCOc2ccc(F)cc2)CO1. The Kier molecular flexibility index (Phi) is 5.65. The van der Waals surface area contributed by atoms with Crippen molar-refractivity contribution in [1.82, 2.24) is 0 Å². The van der Waals surface area contributed by atoms with E-state index in [-0.39, 0.29) is 11.9 Å². The van der Waals surface area contributed by atoms with Crippen molar-refractivity contribution in [2.24, 2.45) is 11.0 Å². The van der Waals surface area contributed by atoms with Gasteiger partial charge in [-0.15, -0.1) is 0 Å². The standard InChI is InChI=1S/C14H18FN3O2/c15-12-2-5-13(6-3-12)19-8-7-11-1-4-14(20-10-11)9-17-18-16/h2-3,5-6,11,14H,1,4,7-10H2. The van der Waals surface area contributed by atoms with E-state index in [9.17, 15) is 4.39 Å². The smallest absolute Gasteiger partial charge is 0.123 e. The Morgan fingerprint density at radius 3 is 2.80 bits per heavy atom. The molecule has 0 saturated carbocycles. The lowest BCUT2D eigenvalue weighted by Gasteiger charge is -2.28. The van der Waals surface area contributed by atoms with Gasteiger partial charge in [-0.25, -0.2) is 4.39 Å². The van der Waals surface area contributed by atoms with Crippen LogP contribution in [0.3, 0.4) is 0 Å². The molecule has 108 valence electrons. The largest absolute Gasteiger partial charge is 0.494 e. The first-order valence-corrected chi connectivity index (χ1v) is 6.78. The number of ether oxygens (including phenoxy) is 2. The Morgan fingerprint density at radius 1 is 1.35 bits per heavy atom. The molecular formula is C14H18FN3O2. The lowest BCUT2D eigenvalue weighted by atomic mass is 9.96. The van der Waals surface area contributed by atoms with Crippen molar-refractivity contribution < 1.29 is 13.9 Å². The minimum atomic E-state index is -0.260. The van der Waals surface area contributed by atoms with Gasteiger partial charge in [0.1, 0.15) is 11.6 Å². The molecule has 2 atom stereocenters. The topological polar surface area (TPSA) is 67.2 Å². The Balaban J connectivity index is 1.63. The highest BCUT2D eigenvalue weighted by Crippen LogP contribution is 2.22. The summed E-state index contributed by atoms with van der Waals surface area (Å²) in [6.45, 7) is 1.69. The van der Waals surface area contributed by atoms with Crippen LogP contribution < -0.4 is 4.74 Å². The zero-order valence-corrected chi connectivity index (χ0v) is 11.2. The lowest BCUT2D eigenvalue weighted by Crippen LogP contribution is -2.28. The van der Waals surface area contributed by atoms with Crippen molar-refractivity contribution in [3.05, 3.63) is 40.5 Å². The summed E-state index contributed by atoms with van der Waals surface area (Å²) >= 11 is 0. The Hall–Kier alpha value is -1.78. The van der Waals surface area contributed by atoms with Gasteiger partial charge in [-0.2, -0.15) is 0 Å². The number of hydrogen-bond acceptors (Lipinski definition) is 3. The molecule has 1 aliphatic rings. The van der Waals surface area contributed by atoms with Crippen LogP contribution in [0.1, 0.15) is 19.3 Å². The highest BCUT2D eigenvalue weighted by atomic mass is 19.1. The van der Waals surface area contributed by atoms with Gasteiger partial charge in [-0.3, -0.25) is 0 Å². The maximum absolute atomic E-state index is 12.7. The molecule has 1 saturated heterocycles. The third-order valence-corrected chi connectivity index (χ3v) is 3.42. The Labute approximate surface area is 117 Å². The third kappa shape index (κ3) is 4.72. The summed E-state index contributed by atoms with van der Waals surface area (Å²) < 4.78 is 23.9. The first kappa shape index (κ1) is 14.6. The fourth-order valence-corrected chi connectivity index (χ4v) is 2.23. The molecule has 1 aromatic rings. The van der Waals surface area contributed by atoms with E-state index < -0.39 is 0 Å². The zero-order chi connectivity index (χ0) is 14.2. The van der Waals surface area contributed by atoms with Gasteiger partial charge in [-0.05, 0) is 55.0 Å². The number of rotatable bonds is 6. The van der Waals surface area contributed by atoms with E-state index in [1.54, 1.807) is 12.1 Å². The van der Waals surface area contributed by atoms with Gasteiger partial charge in [0.05, 0.1) is 19.3 Å². The van der Waals surface area contributed by atoms with Crippen LogP contribution in [0.2, 0.25) is 0 Å². The summed E-state index contributed by atoms with van der Waals surface area (Å²) in [6.07, 6.45) is 2.93. The van der Waals surface area contributed by atoms with Crippen LogP contribution in [0.5, 0.6) is 5.75 Å². The van der Waals surface area contributed by atoms with Crippen molar-refractivity contribution in [2.75, 3.05) is 19.8 Å². The summed E-state index contributed by atoms with van der Waals surface area (Å²) in [7, 11) is 0. The molecule has 2 unspecified atom stereocenters. The predicted molar refractivity (Wildman–Crippen MR) is 73.0 cm³/mol. The van der Waals surface area contributed by atoms with E-state index >= 15 is 0 Å². The minimum Gasteiger partial charge on any atom is -0.494 e. The zero-order valence-electron chi connectivity index (χ0n) is 11.2. The third-order valence-electron chi connectivity index (χ3n) is 3.42. The number of azide groups is 1. The maximum atomic E-state index is 12.7. The summed E-state index contributed by atoms with van der Waals surface area (Å²) in [5.41, 5.74) is 8.25. The molecule has 20 heavy (non-hydrogen) atoms. The molecule has 0 bridgehead atoms. The summed E-state index contributed by atoms with van der Waals surface area (Å²) in [5, 5.41) is 3.53.